The van der Waals surface area contributed by atoms with Gasteiger partial charge in [-0.2, -0.15) is 0 Å². The van der Waals surface area contributed by atoms with Crippen LogP contribution in [0.15, 0.2) is 48.5 Å². The van der Waals surface area contributed by atoms with Crippen molar-refractivity contribution in [3.05, 3.63) is 48.5 Å². The Morgan fingerprint density at radius 1 is 1.06 bits per heavy atom. The standard InChI is InChI=1S/C23H31N3O4S/c1-4-22(30-21-14-12-19(13-15-21)25(2)31(3,28)29)23(27)24-18-8-10-20(11-9-18)26-16-6-5-7-17-26/h8-15,22H,4-7,16-17H2,1-3H3,(H,24,27). The lowest BCUT2D eigenvalue weighted by Crippen LogP contribution is -2.32. The third kappa shape index (κ3) is 6.13. The van der Waals surface area contributed by atoms with Crippen LogP contribution < -0.4 is 19.3 Å². The number of hydrogen-bond acceptors (Lipinski definition) is 5. The van der Waals surface area contributed by atoms with Crippen molar-refractivity contribution in [2.45, 2.75) is 38.7 Å². The van der Waals surface area contributed by atoms with E-state index in [1.54, 1.807) is 24.3 Å². The summed E-state index contributed by atoms with van der Waals surface area (Å²) in [5.74, 6) is 0.290. The van der Waals surface area contributed by atoms with E-state index < -0.39 is 16.1 Å². The zero-order valence-electron chi connectivity index (χ0n) is 18.4. The summed E-state index contributed by atoms with van der Waals surface area (Å²) in [5, 5.41) is 2.92. The number of anilines is 3. The minimum atomic E-state index is -3.33. The highest BCUT2D eigenvalue weighted by Crippen LogP contribution is 2.24. The third-order valence-corrected chi connectivity index (χ3v) is 6.70. The van der Waals surface area contributed by atoms with E-state index >= 15 is 0 Å². The summed E-state index contributed by atoms with van der Waals surface area (Å²) < 4.78 is 30.3. The Kier molecular flexibility index (Phi) is 7.43. The van der Waals surface area contributed by atoms with Gasteiger partial charge < -0.3 is 15.0 Å². The smallest absolute Gasteiger partial charge is 0.265 e. The molecule has 7 nitrogen and oxygen atoms in total. The van der Waals surface area contributed by atoms with Crippen LogP contribution >= 0.6 is 0 Å². The molecule has 1 aliphatic heterocycles. The van der Waals surface area contributed by atoms with E-state index in [1.807, 2.05) is 31.2 Å². The summed E-state index contributed by atoms with van der Waals surface area (Å²) in [6.45, 7) is 4.04. The number of amides is 1. The topological polar surface area (TPSA) is 78.9 Å². The molecule has 3 rings (SSSR count). The maximum absolute atomic E-state index is 12.7. The number of rotatable bonds is 8. The second kappa shape index (κ2) is 10.0. The molecule has 1 fully saturated rings. The van der Waals surface area contributed by atoms with E-state index in [4.69, 9.17) is 4.74 Å². The summed E-state index contributed by atoms with van der Waals surface area (Å²) in [7, 11) is -1.84. The first-order chi connectivity index (χ1) is 14.8. The molecule has 8 heteroatoms. The lowest BCUT2D eigenvalue weighted by atomic mass is 10.1. The van der Waals surface area contributed by atoms with Gasteiger partial charge in [0.2, 0.25) is 10.0 Å². The number of nitrogens with zero attached hydrogens (tertiary/aromatic N) is 2. The van der Waals surface area contributed by atoms with Gasteiger partial charge in [0.1, 0.15) is 5.75 Å². The summed E-state index contributed by atoms with van der Waals surface area (Å²) in [5.41, 5.74) is 2.44. The maximum Gasteiger partial charge on any atom is 0.265 e. The first kappa shape index (κ1) is 22.9. The molecule has 1 unspecified atom stereocenters. The minimum absolute atomic E-state index is 0.217. The van der Waals surface area contributed by atoms with Crippen molar-refractivity contribution in [1.29, 1.82) is 0 Å². The van der Waals surface area contributed by atoms with Gasteiger partial charge in [-0.15, -0.1) is 0 Å². The van der Waals surface area contributed by atoms with Crippen LogP contribution in [0.2, 0.25) is 0 Å². The molecule has 2 aromatic carbocycles. The molecule has 0 radical (unpaired) electrons. The lowest BCUT2D eigenvalue weighted by molar-refractivity contribution is -0.122. The number of sulfonamides is 1. The van der Waals surface area contributed by atoms with E-state index in [1.165, 1.54) is 36.3 Å². The van der Waals surface area contributed by atoms with Crippen molar-refractivity contribution in [2.24, 2.45) is 0 Å². The molecular weight excluding hydrogens is 414 g/mol. The summed E-state index contributed by atoms with van der Waals surface area (Å²) in [4.78, 5) is 15.1. The summed E-state index contributed by atoms with van der Waals surface area (Å²) >= 11 is 0. The van der Waals surface area contributed by atoms with Crippen LogP contribution in [0.4, 0.5) is 17.1 Å². The van der Waals surface area contributed by atoms with Crippen molar-refractivity contribution in [3.63, 3.8) is 0 Å². The molecule has 1 saturated heterocycles. The number of ether oxygens (including phenoxy) is 1. The molecule has 168 valence electrons. The van der Waals surface area contributed by atoms with Gasteiger partial charge in [0.15, 0.2) is 6.10 Å². The fraction of sp³-hybridized carbons (Fsp3) is 0.435. The number of nitrogens with one attached hydrogen (secondary N) is 1. The van der Waals surface area contributed by atoms with Gasteiger partial charge in [-0.3, -0.25) is 9.10 Å². The van der Waals surface area contributed by atoms with E-state index in [2.05, 4.69) is 10.2 Å². The van der Waals surface area contributed by atoms with E-state index in [0.29, 0.717) is 17.9 Å². The fourth-order valence-corrected chi connectivity index (χ4v) is 4.05. The molecule has 0 aromatic heterocycles. The van der Waals surface area contributed by atoms with Gasteiger partial charge in [0.05, 0.1) is 11.9 Å². The minimum Gasteiger partial charge on any atom is -0.481 e. The Labute approximate surface area is 185 Å². The van der Waals surface area contributed by atoms with Crippen molar-refractivity contribution < 1.29 is 17.9 Å². The van der Waals surface area contributed by atoms with Gasteiger partial charge in [-0.25, -0.2) is 8.42 Å². The molecule has 2 aromatic rings. The van der Waals surface area contributed by atoms with Crippen LogP contribution in [0.5, 0.6) is 5.75 Å². The van der Waals surface area contributed by atoms with Gasteiger partial charge >= 0.3 is 0 Å². The average Bonchev–Trinajstić information content (AvgIpc) is 2.78. The number of carbonyl (C=O) groups is 1. The van der Waals surface area contributed by atoms with Crippen LogP contribution in [0.3, 0.4) is 0 Å². The van der Waals surface area contributed by atoms with Crippen LogP contribution in [-0.4, -0.2) is 46.8 Å². The SMILES string of the molecule is CCC(Oc1ccc(N(C)S(C)(=O)=O)cc1)C(=O)Nc1ccc(N2CCCCC2)cc1. The first-order valence-electron chi connectivity index (χ1n) is 10.6. The van der Waals surface area contributed by atoms with Crippen molar-refractivity contribution in [1.82, 2.24) is 0 Å². The van der Waals surface area contributed by atoms with E-state index in [-0.39, 0.29) is 5.91 Å². The van der Waals surface area contributed by atoms with E-state index in [0.717, 1.165) is 25.0 Å². The first-order valence-corrected chi connectivity index (χ1v) is 12.5. The zero-order chi connectivity index (χ0) is 22.4. The molecular formula is C23H31N3O4S. The Bertz CT molecular complexity index is 969. The Balaban J connectivity index is 1.60. The van der Waals surface area contributed by atoms with Crippen molar-refractivity contribution in [3.8, 4) is 5.75 Å². The van der Waals surface area contributed by atoms with Crippen molar-refractivity contribution in [2.75, 3.05) is 40.9 Å². The third-order valence-electron chi connectivity index (χ3n) is 5.50. The number of hydrogen-bond donors (Lipinski definition) is 1. The lowest BCUT2D eigenvalue weighted by Gasteiger charge is -2.29. The summed E-state index contributed by atoms with van der Waals surface area (Å²) in [6, 6.07) is 14.6. The highest BCUT2D eigenvalue weighted by molar-refractivity contribution is 7.92. The van der Waals surface area contributed by atoms with Crippen LogP contribution in [0, 0.1) is 0 Å². The van der Waals surface area contributed by atoms with Gasteiger partial charge in [0.25, 0.3) is 5.91 Å². The highest BCUT2D eigenvalue weighted by Gasteiger charge is 2.19. The zero-order valence-corrected chi connectivity index (χ0v) is 19.2. The molecule has 0 aliphatic carbocycles. The largest absolute Gasteiger partial charge is 0.481 e. The number of piperidine rings is 1. The molecule has 0 spiro atoms. The summed E-state index contributed by atoms with van der Waals surface area (Å²) in [6.07, 6.45) is 4.73. The molecule has 1 aliphatic rings. The fourth-order valence-electron chi connectivity index (χ4n) is 3.54. The maximum atomic E-state index is 12.7. The molecule has 0 bridgehead atoms. The van der Waals surface area contributed by atoms with Crippen molar-refractivity contribution >= 4 is 33.0 Å². The quantitative estimate of drug-likeness (QED) is 0.667. The predicted molar refractivity (Wildman–Crippen MR) is 126 cm³/mol. The molecule has 1 N–H and O–H groups in total. The molecule has 1 atom stereocenters. The second-order valence-corrected chi connectivity index (χ2v) is 9.84. The van der Waals surface area contributed by atoms with Crippen LogP contribution in [0.1, 0.15) is 32.6 Å². The van der Waals surface area contributed by atoms with Gasteiger partial charge in [0, 0.05) is 31.5 Å². The molecule has 31 heavy (non-hydrogen) atoms. The Morgan fingerprint density at radius 2 is 1.68 bits per heavy atom. The Morgan fingerprint density at radius 3 is 2.23 bits per heavy atom. The van der Waals surface area contributed by atoms with E-state index in [9.17, 15) is 13.2 Å². The Hall–Kier alpha value is -2.74. The van der Waals surface area contributed by atoms with Crippen LogP contribution in [-0.2, 0) is 14.8 Å². The highest BCUT2D eigenvalue weighted by atomic mass is 32.2. The van der Waals surface area contributed by atoms with Crippen LogP contribution in [0.25, 0.3) is 0 Å². The number of carbonyl (C=O) groups excluding carboxylic acids is 1. The predicted octanol–water partition coefficient (Wildman–Crippen LogP) is 3.87. The molecule has 0 saturated carbocycles. The molecule has 1 amide bonds. The molecule has 1 heterocycles. The number of benzene rings is 2. The normalized spacial score (nSPS) is 15.3. The van der Waals surface area contributed by atoms with Gasteiger partial charge in [-0.05, 0) is 74.2 Å². The second-order valence-electron chi connectivity index (χ2n) is 7.82. The van der Waals surface area contributed by atoms with Gasteiger partial charge in [-0.1, -0.05) is 6.92 Å². The monoisotopic (exact) mass is 445 g/mol. The average molecular weight is 446 g/mol.